The normalized spacial score (nSPS) is 8.54. The fourth-order valence-electron chi connectivity index (χ4n) is 0.714. The SMILES string of the molecule is CS.Nc1ccc(I)cc1C(=O)O. The Morgan fingerprint density at radius 3 is 2.46 bits per heavy atom. The first-order chi connectivity index (χ1) is 6.11. The summed E-state index contributed by atoms with van der Waals surface area (Å²) in [5.74, 6) is -0.985. The van der Waals surface area contributed by atoms with Crippen molar-refractivity contribution in [3.05, 3.63) is 27.3 Å². The van der Waals surface area contributed by atoms with Gasteiger partial charge in [-0.2, -0.15) is 12.6 Å². The number of hydrogen-bond donors (Lipinski definition) is 3. The number of nitrogens with two attached hydrogens (primary N) is 1. The molecular weight excluding hydrogens is 301 g/mol. The largest absolute Gasteiger partial charge is 0.478 e. The van der Waals surface area contributed by atoms with Crippen LogP contribution in [0.1, 0.15) is 10.4 Å². The van der Waals surface area contributed by atoms with Crippen LogP contribution < -0.4 is 5.73 Å². The lowest BCUT2D eigenvalue weighted by Crippen LogP contribution is -2.02. The monoisotopic (exact) mass is 311 g/mol. The molecule has 0 aliphatic carbocycles. The summed E-state index contributed by atoms with van der Waals surface area (Å²) in [5.41, 5.74) is 5.87. The predicted molar refractivity (Wildman–Crippen MR) is 65.4 cm³/mol. The van der Waals surface area contributed by atoms with E-state index in [2.05, 4.69) is 12.6 Å². The van der Waals surface area contributed by atoms with Crippen LogP contribution in [-0.2, 0) is 0 Å². The maximum absolute atomic E-state index is 10.5. The average molecular weight is 311 g/mol. The third-order valence-electron chi connectivity index (χ3n) is 1.25. The summed E-state index contributed by atoms with van der Waals surface area (Å²) in [4.78, 5) is 10.5. The van der Waals surface area contributed by atoms with Crippen LogP contribution in [0.5, 0.6) is 0 Å². The van der Waals surface area contributed by atoms with E-state index in [0.29, 0.717) is 5.69 Å². The Morgan fingerprint density at radius 2 is 2.08 bits per heavy atom. The summed E-state index contributed by atoms with van der Waals surface area (Å²) in [7, 11) is 0. The molecule has 0 aliphatic rings. The Bertz CT molecular complexity index is 304. The molecule has 72 valence electrons. The first-order valence-corrected chi connectivity index (χ1v) is 5.31. The van der Waals surface area contributed by atoms with Gasteiger partial charge in [-0.25, -0.2) is 4.79 Å². The van der Waals surface area contributed by atoms with Gasteiger partial charge in [-0.1, -0.05) is 0 Å². The minimum atomic E-state index is -0.985. The van der Waals surface area contributed by atoms with Gasteiger partial charge in [0.25, 0.3) is 0 Å². The predicted octanol–water partition coefficient (Wildman–Crippen LogP) is 2.12. The van der Waals surface area contributed by atoms with Crippen LogP contribution in [0.3, 0.4) is 0 Å². The van der Waals surface area contributed by atoms with Crippen molar-refractivity contribution in [2.24, 2.45) is 0 Å². The zero-order valence-corrected chi connectivity index (χ0v) is 10.0. The molecule has 3 N–H and O–H groups in total. The number of carbonyl (C=O) groups is 1. The highest BCUT2D eigenvalue weighted by Gasteiger charge is 2.06. The summed E-state index contributed by atoms with van der Waals surface area (Å²) in [6.45, 7) is 0. The number of benzene rings is 1. The van der Waals surface area contributed by atoms with Crippen LogP contribution in [-0.4, -0.2) is 17.3 Å². The quantitative estimate of drug-likeness (QED) is 0.423. The van der Waals surface area contributed by atoms with Crippen LogP contribution in [0.15, 0.2) is 18.2 Å². The molecule has 5 heteroatoms. The molecule has 0 bridgehead atoms. The van der Waals surface area contributed by atoms with E-state index in [-0.39, 0.29) is 5.56 Å². The molecule has 0 radical (unpaired) electrons. The number of carboxylic acid groups (broad SMARTS) is 1. The van der Waals surface area contributed by atoms with E-state index in [1.807, 2.05) is 22.6 Å². The molecule has 0 saturated carbocycles. The number of nitrogen functional groups attached to an aromatic ring is 1. The number of halogens is 1. The first kappa shape index (κ1) is 12.6. The third kappa shape index (κ3) is 3.86. The topological polar surface area (TPSA) is 63.3 Å². The molecule has 0 atom stereocenters. The van der Waals surface area contributed by atoms with Gasteiger partial charge in [0, 0.05) is 9.26 Å². The number of anilines is 1. The summed E-state index contributed by atoms with van der Waals surface area (Å²) in [6, 6.07) is 4.89. The molecule has 0 amide bonds. The van der Waals surface area contributed by atoms with Gasteiger partial charge < -0.3 is 10.8 Å². The summed E-state index contributed by atoms with van der Waals surface area (Å²) in [5, 5.41) is 8.61. The molecule has 0 aliphatic heterocycles. The summed E-state index contributed by atoms with van der Waals surface area (Å²) in [6.07, 6.45) is 1.69. The van der Waals surface area contributed by atoms with E-state index in [1.165, 1.54) is 6.07 Å². The number of hydrogen-bond acceptors (Lipinski definition) is 3. The number of aromatic carboxylic acids is 1. The van der Waals surface area contributed by atoms with E-state index in [0.717, 1.165) is 3.57 Å². The van der Waals surface area contributed by atoms with E-state index in [9.17, 15) is 4.79 Å². The molecule has 0 spiro atoms. The highest BCUT2D eigenvalue weighted by Crippen LogP contribution is 2.15. The van der Waals surface area contributed by atoms with Crippen LogP contribution in [0, 0.1) is 3.57 Å². The van der Waals surface area contributed by atoms with Crippen molar-refractivity contribution >= 4 is 46.9 Å². The van der Waals surface area contributed by atoms with E-state index in [4.69, 9.17) is 10.8 Å². The van der Waals surface area contributed by atoms with E-state index >= 15 is 0 Å². The second-order valence-electron chi connectivity index (χ2n) is 2.04. The lowest BCUT2D eigenvalue weighted by Gasteiger charge is -1.99. The molecule has 0 unspecified atom stereocenters. The van der Waals surface area contributed by atoms with Gasteiger partial charge in [-0.05, 0) is 47.0 Å². The second kappa shape index (κ2) is 6.09. The van der Waals surface area contributed by atoms with Gasteiger partial charge in [0.1, 0.15) is 0 Å². The molecule has 3 nitrogen and oxygen atoms in total. The fraction of sp³-hybridized carbons (Fsp3) is 0.125. The van der Waals surface area contributed by atoms with Crippen molar-refractivity contribution in [1.82, 2.24) is 0 Å². The molecule has 1 rings (SSSR count). The van der Waals surface area contributed by atoms with Crippen molar-refractivity contribution in [3.8, 4) is 0 Å². The Balaban J connectivity index is 0.000000671. The fourth-order valence-corrected chi connectivity index (χ4v) is 1.20. The molecule has 0 heterocycles. The van der Waals surface area contributed by atoms with E-state index < -0.39 is 5.97 Å². The maximum Gasteiger partial charge on any atom is 0.337 e. The average Bonchev–Trinajstić information content (AvgIpc) is 2.12. The lowest BCUT2D eigenvalue weighted by molar-refractivity contribution is 0.0698. The molecular formula is C8H10INO2S. The highest BCUT2D eigenvalue weighted by molar-refractivity contribution is 14.1. The van der Waals surface area contributed by atoms with Crippen molar-refractivity contribution in [2.75, 3.05) is 12.0 Å². The number of thiol groups is 1. The molecule has 13 heavy (non-hydrogen) atoms. The summed E-state index contributed by atoms with van der Waals surface area (Å²) < 4.78 is 0.870. The van der Waals surface area contributed by atoms with Crippen LogP contribution in [0.2, 0.25) is 0 Å². The second-order valence-corrected chi connectivity index (χ2v) is 3.28. The standard InChI is InChI=1S/C7H6INO2.CH4S/c8-4-1-2-6(9)5(3-4)7(10)11;1-2/h1-3H,9H2,(H,10,11);2H,1H3. The Morgan fingerprint density at radius 1 is 1.54 bits per heavy atom. The highest BCUT2D eigenvalue weighted by atomic mass is 127. The van der Waals surface area contributed by atoms with Gasteiger partial charge in [0.2, 0.25) is 0 Å². The third-order valence-corrected chi connectivity index (χ3v) is 1.92. The van der Waals surface area contributed by atoms with Gasteiger partial charge in [0.05, 0.1) is 5.56 Å². The molecule has 1 aromatic carbocycles. The van der Waals surface area contributed by atoms with Crippen LogP contribution >= 0.6 is 35.2 Å². The minimum Gasteiger partial charge on any atom is -0.478 e. The Hall–Kier alpha value is -0.430. The van der Waals surface area contributed by atoms with Crippen molar-refractivity contribution in [2.45, 2.75) is 0 Å². The van der Waals surface area contributed by atoms with Gasteiger partial charge in [-0.3, -0.25) is 0 Å². The van der Waals surface area contributed by atoms with Gasteiger partial charge in [0.15, 0.2) is 0 Å². The van der Waals surface area contributed by atoms with Crippen molar-refractivity contribution in [1.29, 1.82) is 0 Å². The smallest absolute Gasteiger partial charge is 0.337 e. The first-order valence-electron chi connectivity index (χ1n) is 3.34. The molecule has 0 saturated heterocycles. The van der Waals surface area contributed by atoms with Crippen LogP contribution in [0.25, 0.3) is 0 Å². The van der Waals surface area contributed by atoms with E-state index in [1.54, 1.807) is 18.4 Å². The zero-order valence-electron chi connectivity index (χ0n) is 6.99. The maximum atomic E-state index is 10.5. The Kier molecular flexibility index (Phi) is 5.89. The number of carboxylic acids is 1. The van der Waals surface area contributed by atoms with Crippen molar-refractivity contribution in [3.63, 3.8) is 0 Å². The lowest BCUT2D eigenvalue weighted by atomic mass is 10.2. The molecule has 0 aromatic heterocycles. The molecule has 0 fully saturated rings. The van der Waals surface area contributed by atoms with Gasteiger partial charge >= 0.3 is 5.97 Å². The minimum absolute atomic E-state index is 0.164. The van der Waals surface area contributed by atoms with Crippen molar-refractivity contribution < 1.29 is 9.90 Å². The number of rotatable bonds is 1. The summed E-state index contributed by atoms with van der Waals surface area (Å²) >= 11 is 5.56. The zero-order chi connectivity index (χ0) is 10.4. The van der Waals surface area contributed by atoms with Gasteiger partial charge in [-0.15, -0.1) is 0 Å². The van der Waals surface area contributed by atoms with Crippen LogP contribution in [0.4, 0.5) is 5.69 Å². The molecule has 1 aromatic rings. The Labute approximate surface area is 95.9 Å².